The van der Waals surface area contributed by atoms with Gasteiger partial charge in [-0.05, 0) is 31.9 Å². The minimum atomic E-state index is 0.337. The number of anilines is 3. The Kier molecular flexibility index (Phi) is 4.68. The molecule has 0 bridgehead atoms. The first-order valence-electron chi connectivity index (χ1n) is 8.80. The van der Waals surface area contributed by atoms with Crippen LogP contribution >= 0.6 is 0 Å². The van der Waals surface area contributed by atoms with E-state index in [1.165, 1.54) is 0 Å². The molecule has 1 unspecified atom stereocenters. The van der Waals surface area contributed by atoms with Gasteiger partial charge in [-0.2, -0.15) is 0 Å². The molecule has 0 spiro atoms. The third kappa shape index (κ3) is 3.77. The lowest BCUT2D eigenvalue weighted by atomic mass is 9.95. The zero-order valence-electron chi connectivity index (χ0n) is 14.7. The number of hydrogen-bond donors (Lipinski definition) is 1. The first kappa shape index (κ1) is 16.4. The van der Waals surface area contributed by atoms with Crippen molar-refractivity contribution in [1.82, 2.24) is 24.9 Å². The number of aromatic nitrogens is 5. The fourth-order valence-electron chi connectivity index (χ4n) is 3.29. The lowest BCUT2D eigenvalue weighted by Crippen LogP contribution is -2.34. The number of pyridine rings is 1. The molecule has 3 aromatic heterocycles. The van der Waals surface area contributed by atoms with Gasteiger partial charge in [-0.3, -0.25) is 4.98 Å². The van der Waals surface area contributed by atoms with Gasteiger partial charge < -0.3 is 10.2 Å². The van der Waals surface area contributed by atoms with Crippen LogP contribution in [0.5, 0.6) is 0 Å². The lowest BCUT2D eigenvalue weighted by Gasteiger charge is -2.33. The number of rotatable bonds is 4. The van der Waals surface area contributed by atoms with E-state index < -0.39 is 0 Å². The summed E-state index contributed by atoms with van der Waals surface area (Å²) in [5.74, 6) is 1.84. The van der Waals surface area contributed by atoms with Crippen molar-refractivity contribution in [2.75, 3.05) is 23.3 Å². The molecule has 0 aliphatic carbocycles. The Bertz CT molecular complexity index is 869. The minimum Gasteiger partial charge on any atom is -0.368 e. The molecule has 4 heterocycles. The van der Waals surface area contributed by atoms with Crippen molar-refractivity contribution in [1.29, 1.82) is 0 Å². The summed E-state index contributed by atoms with van der Waals surface area (Å²) in [6, 6.07) is 5.87. The van der Waals surface area contributed by atoms with E-state index in [2.05, 4.69) is 30.2 Å². The van der Waals surface area contributed by atoms with E-state index in [4.69, 9.17) is 4.98 Å². The highest BCUT2D eigenvalue weighted by Gasteiger charge is 2.23. The Labute approximate surface area is 152 Å². The van der Waals surface area contributed by atoms with Crippen LogP contribution in [0.3, 0.4) is 0 Å². The molecule has 0 radical (unpaired) electrons. The molecule has 3 aromatic rings. The summed E-state index contributed by atoms with van der Waals surface area (Å²) in [6.45, 7) is 3.88. The minimum absolute atomic E-state index is 0.337. The van der Waals surface area contributed by atoms with Crippen LogP contribution in [0.25, 0.3) is 0 Å². The maximum atomic E-state index is 4.78. The largest absolute Gasteiger partial charge is 0.368 e. The summed E-state index contributed by atoms with van der Waals surface area (Å²) in [5.41, 5.74) is 3.03. The van der Waals surface area contributed by atoms with Crippen molar-refractivity contribution in [3.8, 4) is 0 Å². The standard InChI is InChI=1S/C19H21N7/c1-14-4-2-6-18(23-14)25-19-11-20-10-17(24-19)15-5-3-7-26(12-15)16-8-21-13-22-9-16/h2,4,6,8-11,13,15H,3,5,7,12H2,1H3,(H,23,24,25). The van der Waals surface area contributed by atoms with Crippen molar-refractivity contribution < 1.29 is 0 Å². The van der Waals surface area contributed by atoms with Gasteiger partial charge in [-0.1, -0.05) is 6.07 Å². The van der Waals surface area contributed by atoms with Crippen LogP contribution in [0.2, 0.25) is 0 Å². The Morgan fingerprint density at radius 1 is 1.00 bits per heavy atom. The highest BCUT2D eigenvalue weighted by molar-refractivity contribution is 5.51. The Morgan fingerprint density at radius 2 is 1.88 bits per heavy atom. The highest BCUT2D eigenvalue weighted by atomic mass is 15.2. The van der Waals surface area contributed by atoms with Crippen LogP contribution in [0.15, 0.2) is 49.3 Å². The molecule has 1 saturated heterocycles. The first-order valence-corrected chi connectivity index (χ1v) is 8.80. The molecule has 1 atom stereocenters. The maximum Gasteiger partial charge on any atom is 0.150 e. The number of nitrogens with one attached hydrogen (secondary N) is 1. The second kappa shape index (κ2) is 7.43. The van der Waals surface area contributed by atoms with Crippen LogP contribution in [-0.4, -0.2) is 38.0 Å². The normalized spacial score (nSPS) is 17.1. The smallest absolute Gasteiger partial charge is 0.150 e. The molecule has 1 aliphatic heterocycles. The van der Waals surface area contributed by atoms with E-state index >= 15 is 0 Å². The fraction of sp³-hybridized carbons (Fsp3) is 0.316. The van der Waals surface area contributed by atoms with Crippen molar-refractivity contribution in [2.45, 2.75) is 25.7 Å². The molecule has 0 saturated carbocycles. The number of piperidine rings is 1. The second-order valence-electron chi connectivity index (χ2n) is 6.50. The Morgan fingerprint density at radius 3 is 2.73 bits per heavy atom. The fourth-order valence-corrected chi connectivity index (χ4v) is 3.29. The van der Waals surface area contributed by atoms with E-state index in [0.29, 0.717) is 5.92 Å². The number of nitrogens with zero attached hydrogens (tertiary/aromatic N) is 6. The van der Waals surface area contributed by atoms with Gasteiger partial charge in [0.2, 0.25) is 0 Å². The van der Waals surface area contributed by atoms with E-state index in [-0.39, 0.29) is 0 Å². The van der Waals surface area contributed by atoms with Crippen molar-refractivity contribution >= 4 is 17.3 Å². The molecule has 7 nitrogen and oxygen atoms in total. The summed E-state index contributed by atoms with van der Waals surface area (Å²) in [5, 5.41) is 3.25. The zero-order chi connectivity index (χ0) is 17.8. The molecule has 1 fully saturated rings. The van der Waals surface area contributed by atoms with Crippen LogP contribution in [0.4, 0.5) is 17.3 Å². The van der Waals surface area contributed by atoms with Crippen molar-refractivity contribution in [3.63, 3.8) is 0 Å². The van der Waals surface area contributed by atoms with Crippen molar-refractivity contribution in [2.24, 2.45) is 0 Å². The van der Waals surface area contributed by atoms with Crippen LogP contribution in [-0.2, 0) is 0 Å². The summed E-state index contributed by atoms with van der Waals surface area (Å²) in [6.07, 6.45) is 11.1. The predicted octanol–water partition coefficient (Wildman–Crippen LogP) is 3.10. The predicted molar refractivity (Wildman–Crippen MR) is 101 cm³/mol. The highest BCUT2D eigenvalue weighted by Crippen LogP contribution is 2.28. The Hall–Kier alpha value is -3.09. The molecule has 4 rings (SSSR count). The molecule has 132 valence electrons. The van der Waals surface area contributed by atoms with Crippen LogP contribution in [0, 0.1) is 6.92 Å². The molecule has 26 heavy (non-hydrogen) atoms. The van der Waals surface area contributed by atoms with E-state index in [1.807, 2.05) is 43.7 Å². The molecular formula is C19H21N7. The van der Waals surface area contributed by atoms with Crippen LogP contribution in [0.1, 0.15) is 30.1 Å². The average Bonchev–Trinajstić information content (AvgIpc) is 2.69. The summed E-state index contributed by atoms with van der Waals surface area (Å²) in [7, 11) is 0. The summed E-state index contributed by atoms with van der Waals surface area (Å²) >= 11 is 0. The number of hydrogen-bond acceptors (Lipinski definition) is 7. The van der Waals surface area contributed by atoms with Crippen molar-refractivity contribution in [3.05, 3.63) is 60.7 Å². The first-order chi connectivity index (χ1) is 12.8. The van der Waals surface area contributed by atoms with Gasteiger partial charge in [-0.25, -0.2) is 19.9 Å². The molecule has 7 heteroatoms. The third-order valence-corrected chi connectivity index (χ3v) is 4.55. The van der Waals surface area contributed by atoms with Crippen LogP contribution < -0.4 is 10.2 Å². The van der Waals surface area contributed by atoms with E-state index in [9.17, 15) is 0 Å². The molecular weight excluding hydrogens is 326 g/mol. The van der Waals surface area contributed by atoms with Gasteiger partial charge in [0.1, 0.15) is 18.0 Å². The van der Waals surface area contributed by atoms with E-state index in [1.54, 1.807) is 12.5 Å². The van der Waals surface area contributed by atoms with Gasteiger partial charge in [-0.15, -0.1) is 0 Å². The molecule has 1 aliphatic rings. The van der Waals surface area contributed by atoms with Gasteiger partial charge in [0.05, 0.1) is 30.0 Å². The molecule has 1 N–H and O–H groups in total. The van der Waals surface area contributed by atoms with Gasteiger partial charge in [0.25, 0.3) is 0 Å². The quantitative estimate of drug-likeness (QED) is 0.777. The molecule has 0 aromatic carbocycles. The summed E-state index contributed by atoms with van der Waals surface area (Å²) < 4.78 is 0. The zero-order valence-corrected chi connectivity index (χ0v) is 14.7. The lowest BCUT2D eigenvalue weighted by molar-refractivity contribution is 0.500. The second-order valence-corrected chi connectivity index (χ2v) is 6.50. The van der Waals surface area contributed by atoms with E-state index in [0.717, 1.165) is 54.6 Å². The topological polar surface area (TPSA) is 79.7 Å². The van der Waals surface area contributed by atoms with Gasteiger partial charge in [0.15, 0.2) is 0 Å². The van der Waals surface area contributed by atoms with Gasteiger partial charge in [0, 0.05) is 30.9 Å². The maximum absolute atomic E-state index is 4.78. The Balaban J connectivity index is 1.50. The van der Waals surface area contributed by atoms with Gasteiger partial charge >= 0.3 is 0 Å². The monoisotopic (exact) mass is 347 g/mol. The molecule has 0 amide bonds. The number of aryl methyl sites for hydroxylation is 1. The average molecular weight is 347 g/mol. The summed E-state index contributed by atoms with van der Waals surface area (Å²) in [4.78, 5) is 24.2. The SMILES string of the molecule is Cc1cccc(Nc2cncc(C3CCCN(c4cncnc4)C3)n2)n1. The third-order valence-electron chi connectivity index (χ3n) is 4.55.